The van der Waals surface area contributed by atoms with Crippen LogP contribution in [0.5, 0.6) is 5.75 Å². The summed E-state index contributed by atoms with van der Waals surface area (Å²) in [5.74, 6) is 1.45. The summed E-state index contributed by atoms with van der Waals surface area (Å²) in [7, 11) is 0. The van der Waals surface area contributed by atoms with Crippen LogP contribution in [0.4, 0.5) is 0 Å². The molecule has 41 heavy (non-hydrogen) atoms. The molecule has 0 aliphatic heterocycles. The van der Waals surface area contributed by atoms with Gasteiger partial charge in [-0.2, -0.15) is 5.26 Å². The lowest BCUT2D eigenvalue weighted by molar-refractivity contribution is 0.0734. The van der Waals surface area contributed by atoms with Crippen molar-refractivity contribution >= 4 is 5.97 Å². The number of nitrogens with zero attached hydrogens (tertiary/aromatic N) is 1. The Morgan fingerprint density at radius 2 is 1.34 bits per heavy atom. The number of nitriles is 1. The molecule has 0 aromatic heterocycles. The minimum absolute atomic E-state index is 0.351. The van der Waals surface area contributed by atoms with E-state index in [1.54, 1.807) is 6.07 Å². The summed E-state index contributed by atoms with van der Waals surface area (Å²) in [5.41, 5.74) is 3.45. The normalized spacial score (nSPS) is 16.8. The first-order valence-corrected chi connectivity index (χ1v) is 17.0. The minimum Gasteiger partial charge on any atom is -0.422 e. The summed E-state index contributed by atoms with van der Waals surface area (Å²) in [6, 6.07) is 15.9. The molecule has 1 saturated carbocycles. The van der Waals surface area contributed by atoms with Crippen molar-refractivity contribution in [3.63, 3.8) is 0 Å². The lowest BCUT2D eigenvalue weighted by atomic mass is 9.77. The Kier molecular flexibility index (Phi) is 15.7. The summed E-state index contributed by atoms with van der Waals surface area (Å²) in [5, 5.41) is 9.68. The molecule has 3 rings (SSSR count). The summed E-state index contributed by atoms with van der Waals surface area (Å²) >= 11 is 0. The monoisotopic (exact) mass is 557 g/mol. The highest BCUT2D eigenvalue weighted by Crippen LogP contribution is 2.38. The summed E-state index contributed by atoms with van der Waals surface area (Å²) in [6.07, 6.45) is 26.1. The minimum atomic E-state index is -0.397. The van der Waals surface area contributed by atoms with E-state index in [2.05, 4.69) is 32.0 Å². The van der Waals surface area contributed by atoms with Gasteiger partial charge in [-0.05, 0) is 85.8 Å². The Morgan fingerprint density at radius 1 is 0.756 bits per heavy atom. The Balaban J connectivity index is 1.40. The van der Waals surface area contributed by atoms with E-state index in [4.69, 9.17) is 4.74 Å². The molecule has 1 aliphatic rings. The van der Waals surface area contributed by atoms with E-state index >= 15 is 0 Å². The molecule has 0 radical (unpaired) electrons. The zero-order chi connectivity index (χ0) is 29.1. The van der Waals surface area contributed by atoms with Crippen LogP contribution in [0.1, 0.15) is 169 Å². The molecular formula is C38H55NO2. The van der Waals surface area contributed by atoms with Crippen LogP contribution in [0.3, 0.4) is 0 Å². The number of hydrogen-bond acceptors (Lipinski definition) is 3. The number of ether oxygens (including phenoxy) is 1. The van der Waals surface area contributed by atoms with Crippen molar-refractivity contribution < 1.29 is 9.53 Å². The highest BCUT2D eigenvalue weighted by Gasteiger charge is 2.22. The highest BCUT2D eigenvalue weighted by molar-refractivity contribution is 5.91. The van der Waals surface area contributed by atoms with Crippen molar-refractivity contribution in [1.82, 2.24) is 0 Å². The topological polar surface area (TPSA) is 50.1 Å². The standard InChI is InChI=1S/C38H55NO2/c1-3-5-7-9-11-13-15-17-31-19-22-33(23-20-31)34-24-26-35(27-25-34)38(40)41-37-28-21-32(29-36(37)30-39)18-16-14-12-10-8-6-4-2/h21,24-29,31,33H,3-20,22-23H2,1-2H3. The third-order valence-electron chi connectivity index (χ3n) is 9.12. The van der Waals surface area contributed by atoms with Gasteiger partial charge >= 0.3 is 5.97 Å². The van der Waals surface area contributed by atoms with Crippen LogP contribution in [0.15, 0.2) is 42.5 Å². The van der Waals surface area contributed by atoms with Crippen molar-refractivity contribution in [2.24, 2.45) is 5.92 Å². The summed E-state index contributed by atoms with van der Waals surface area (Å²) < 4.78 is 5.67. The first-order chi connectivity index (χ1) is 20.1. The zero-order valence-electron chi connectivity index (χ0n) is 26.1. The molecular weight excluding hydrogens is 502 g/mol. The first kappa shape index (κ1) is 32.9. The molecule has 0 N–H and O–H groups in total. The van der Waals surface area contributed by atoms with Crippen LogP contribution in [-0.4, -0.2) is 5.97 Å². The van der Waals surface area contributed by atoms with Crippen LogP contribution in [0.25, 0.3) is 0 Å². The Bertz CT molecular complexity index is 1040. The molecule has 0 amide bonds. The molecule has 224 valence electrons. The smallest absolute Gasteiger partial charge is 0.343 e. The van der Waals surface area contributed by atoms with Crippen molar-refractivity contribution in [3.05, 3.63) is 64.7 Å². The predicted octanol–water partition coefficient (Wildman–Crippen LogP) is 11.5. The second-order valence-electron chi connectivity index (χ2n) is 12.5. The molecule has 2 aromatic carbocycles. The first-order valence-electron chi connectivity index (χ1n) is 17.0. The number of esters is 1. The third-order valence-corrected chi connectivity index (χ3v) is 9.12. The summed E-state index contributed by atoms with van der Waals surface area (Å²) in [6.45, 7) is 4.52. The van der Waals surface area contributed by atoms with Gasteiger partial charge in [0.05, 0.1) is 11.1 Å². The van der Waals surface area contributed by atoms with E-state index in [1.165, 1.54) is 121 Å². The van der Waals surface area contributed by atoms with Crippen LogP contribution in [-0.2, 0) is 6.42 Å². The number of rotatable bonds is 19. The van der Waals surface area contributed by atoms with Crippen LogP contribution >= 0.6 is 0 Å². The van der Waals surface area contributed by atoms with Crippen molar-refractivity contribution in [2.45, 2.75) is 148 Å². The lowest BCUT2D eigenvalue weighted by Gasteiger charge is -2.29. The fraction of sp³-hybridized carbons (Fsp3) is 0.632. The Labute approximate surface area is 251 Å². The molecule has 2 aromatic rings. The number of carbonyl (C=O) groups excluding carboxylic acids is 1. The van der Waals surface area contributed by atoms with Gasteiger partial charge in [-0.3, -0.25) is 0 Å². The summed E-state index contributed by atoms with van der Waals surface area (Å²) in [4.78, 5) is 12.9. The largest absolute Gasteiger partial charge is 0.422 e. The second kappa shape index (κ2) is 19.5. The molecule has 0 heterocycles. The van der Waals surface area contributed by atoms with Crippen LogP contribution in [0, 0.1) is 17.2 Å². The quantitative estimate of drug-likeness (QED) is 0.0980. The van der Waals surface area contributed by atoms with Gasteiger partial charge in [0.1, 0.15) is 11.8 Å². The van der Waals surface area contributed by atoms with Crippen molar-refractivity contribution in [1.29, 1.82) is 5.26 Å². The van der Waals surface area contributed by atoms with Gasteiger partial charge in [-0.25, -0.2) is 4.79 Å². The van der Waals surface area contributed by atoms with Gasteiger partial charge in [0.25, 0.3) is 0 Å². The van der Waals surface area contributed by atoms with Gasteiger partial charge in [0.15, 0.2) is 0 Å². The number of benzene rings is 2. The maximum Gasteiger partial charge on any atom is 0.343 e. The van der Waals surface area contributed by atoms with Gasteiger partial charge in [-0.1, -0.05) is 122 Å². The predicted molar refractivity (Wildman–Crippen MR) is 172 cm³/mol. The molecule has 3 nitrogen and oxygen atoms in total. The lowest BCUT2D eigenvalue weighted by Crippen LogP contribution is -2.14. The number of hydrogen-bond donors (Lipinski definition) is 0. The van der Waals surface area contributed by atoms with E-state index in [0.29, 0.717) is 22.8 Å². The van der Waals surface area contributed by atoms with Gasteiger partial charge < -0.3 is 4.74 Å². The average Bonchev–Trinajstić information content (AvgIpc) is 3.01. The van der Waals surface area contributed by atoms with Gasteiger partial charge in [-0.15, -0.1) is 0 Å². The molecule has 0 bridgehead atoms. The maximum absolute atomic E-state index is 12.9. The zero-order valence-corrected chi connectivity index (χ0v) is 26.1. The van der Waals surface area contributed by atoms with E-state index in [0.717, 1.165) is 24.3 Å². The molecule has 0 spiro atoms. The number of unbranched alkanes of at least 4 members (excludes halogenated alkanes) is 12. The number of carbonyl (C=O) groups is 1. The number of aryl methyl sites for hydroxylation is 1. The van der Waals surface area contributed by atoms with Gasteiger partial charge in [0, 0.05) is 0 Å². The second-order valence-corrected chi connectivity index (χ2v) is 12.5. The molecule has 1 fully saturated rings. The molecule has 0 atom stereocenters. The fourth-order valence-corrected chi connectivity index (χ4v) is 6.42. The Morgan fingerprint density at radius 3 is 1.95 bits per heavy atom. The fourth-order valence-electron chi connectivity index (χ4n) is 6.42. The van der Waals surface area contributed by atoms with E-state index in [-0.39, 0.29) is 0 Å². The van der Waals surface area contributed by atoms with E-state index < -0.39 is 5.97 Å². The van der Waals surface area contributed by atoms with Gasteiger partial charge in [0.2, 0.25) is 0 Å². The molecule has 3 heteroatoms. The maximum atomic E-state index is 12.9. The van der Waals surface area contributed by atoms with E-state index in [9.17, 15) is 10.1 Å². The third kappa shape index (κ3) is 12.0. The highest BCUT2D eigenvalue weighted by atomic mass is 16.5. The van der Waals surface area contributed by atoms with E-state index in [1.807, 2.05) is 24.3 Å². The van der Waals surface area contributed by atoms with Crippen LogP contribution in [0.2, 0.25) is 0 Å². The molecule has 0 saturated heterocycles. The SMILES string of the molecule is CCCCCCCCCc1ccc(OC(=O)c2ccc(C3CCC(CCCCCCCCC)CC3)cc2)c(C#N)c1. The average molecular weight is 558 g/mol. The molecule has 0 unspecified atom stereocenters. The van der Waals surface area contributed by atoms with Crippen LogP contribution < -0.4 is 4.74 Å². The van der Waals surface area contributed by atoms with Crippen molar-refractivity contribution in [3.8, 4) is 11.8 Å². The van der Waals surface area contributed by atoms with Crippen molar-refractivity contribution in [2.75, 3.05) is 0 Å². The Hall–Kier alpha value is -2.60. The molecule has 1 aliphatic carbocycles.